The molecular formula is C22H21N5O4. The molecule has 1 aromatic carbocycles. The van der Waals surface area contributed by atoms with Crippen LogP contribution >= 0.6 is 0 Å². The highest BCUT2D eigenvalue weighted by atomic mass is 16.2. The normalized spacial score (nSPS) is 22.2. The monoisotopic (exact) mass is 419 g/mol. The van der Waals surface area contributed by atoms with E-state index in [1.54, 1.807) is 18.3 Å². The number of piperidine rings is 1. The molecule has 158 valence electrons. The lowest BCUT2D eigenvalue weighted by Crippen LogP contribution is -2.65. The summed E-state index contributed by atoms with van der Waals surface area (Å²) < 4.78 is 0. The summed E-state index contributed by atoms with van der Waals surface area (Å²) in [5.41, 5.74) is 2.09. The largest absolute Gasteiger partial charge is 0.312 e. The van der Waals surface area contributed by atoms with Crippen LogP contribution in [-0.4, -0.2) is 52.6 Å². The van der Waals surface area contributed by atoms with E-state index in [4.69, 9.17) is 0 Å². The number of carbonyl (C=O) groups excluding carboxylic acids is 4. The Balaban J connectivity index is 1.35. The highest BCUT2D eigenvalue weighted by Crippen LogP contribution is 2.29. The Labute approximate surface area is 178 Å². The topological polar surface area (TPSA) is 120 Å². The van der Waals surface area contributed by atoms with E-state index < -0.39 is 29.7 Å². The first-order valence-electron chi connectivity index (χ1n) is 10.2. The van der Waals surface area contributed by atoms with Crippen molar-refractivity contribution in [1.82, 2.24) is 25.8 Å². The minimum absolute atomic E-state index is 0.0998. The Bertz CT molecular complexity index is 1100. The SMILES string of the molecule is O=C1CCC(N2C(=O)c3ccc(CNC4(c5ccccn5)CNC4)cc3C2=O)C(=O)N1. The quantitative estimate of drug-likeness (QED) is 0.587. The van der Waals surface area contributed by atoms with Gasteiger partial charge >= 0.3 is 0 Å². The third-order valence-corrected chi connectivity index (χ3v) is 6.14. The molecular weight excluding hydrogens is 398 g/mol. The van der Waals surface area contributed by atoms with Crippen LogP contribution < -0.4 is 16.0 Å². The average molecular weight is 419 g/mol. The van der Waals surface area contributed by atoms with Crippen molar-refractivity contribution in [3.63, 3.8) is 0 Å². The number of fused-ring (bicyclic) bond motifs is 1. The van der Waals surface area contributed by atoms with Crippen molar-refractivity contribution in [3.8, 4) is 0 Å². The Morgan fingerprint density at radius 3 is 2.55 bits per heavy atom. The fourth-order valence-corrected chi connectivity index (χ4v) is 4.32. The Morgan fingerprint density at radius 2 is 1.87 bits per heavy atom. The molecule has 1 atom stereocenters. The summed E-state index contributed by atoms with van der Waals surface area (Å²) >= 11 is 0. The zero-order valence-electron chi connectivity index (χ0n) is 16.7. The summed E-state index contributed by atoms with van der Waals surface area (Å²) in [6.45, 7) is 1.98. The van der Waals surface area contributed by atoms with Gasteiger partial charge in [0.25, 0.3) is 11.8 Å². The van der Waals surface area contributed by atoms with Crippen LogP contribution in [0.3, 0.4) is 0 Å². The average Bonchev–Trinajstić information content (AvgIpc) is 2.98. The van der Waals surface area contributed by atoms with Gasteiger partial charge in [0.2, 0.25) is 11.8 Å². The molecule has 31 heavy (non-hydrogen) atoms. The van der Waals surface area contributed by atoms with Gasteiger partial charge in [0, 0.05) is 32.3 Å². The molecule has 0 aliphatic carbocycles. The van der Waals surface area contributed by atoms with Crippen LogP contribution in [0.25, 0.3) is 0 Å². The van der Waals surface area contributed by atoms with Crippen molar-refractivity contribution >= 4 is 23.6 Å². The molecule has 9 nitrogen and oxygen atoms in total. The minimum atomic E-state index is -0.958. The van der Waals surface area contributed by atoms with Crippen LogP contribution in [0.4, 0.5) is 0 Å². The lowest BCUT2D eigenvalue weighted by Gasteiger charge is -2.43. The fourth-order valence-electron chi connectivity index (χ4n) is 4.32. The van der Waals surface area contributed by atoms with Gasteiger partial charge in [-0.2, -0.15) is 0 Å². The summed E-state index contributed by atoms with van der Waals surface area (Å²) in [4.78, 5) is 54.8. The molecule has 0 spiro atoms. The molecule has 0 radical (unpaired) electrons. The number of aromatic nitrogens is 1. The van der Waals surface area contributed by atoms with Gasteiger partial charge in [-0.1, -0.05) is 12.1 Å². The summed E-state index contributed by atoms with van der Waals surface area (Å²) in [5.74, 6) is -2.00. The molecule has 0 saturated carbocycles. The molecule has 4 amide bonds. The van der Waals surface area contributed by atoms with E-state index in [1.807, 2.05) is 24.3 Å². The van der Waals surface area contributed by atoms with E-state index in [9.17, 15) is 19.2 Å². The Kier molecular flexibility index (Phi) is 4.64. The summed E-state index contributed by atoms with van der Waals surface area (Å²) in [6, 6.07) is 9.99. The Hall–Kier alpha value is -3.43. The number of nitrogens with zero attached hydrogens (tertiary/aromatic N) is 2. The zero-order valence-corrected chi connectivity index (χ0v) is 16.7. The highest BCUT2D eigenvalue weighted by molar-refractivity contribution is 6.23. The molecule has 2 fully saturated rings. The van der Waals surface area contributed by atoms with Crippen LogP contribution in [0.1, 0.15) is 44.8 Å². The highest BCUT2D eigenvalue weighted by Gasteiger charge is 2.45. The van der Waals surface area contributed by atoms with Crippen LogP contribution in [0, 0.1) is 0 Å². The van der Waals surface area contributed by atoms with E-state index >= 15 is 0 Å². The lowest BCUT2D eigenvalue weighted by atomic mass is 9.87. The maximum Gasteiger partial charge on any atom is 0.262 e. The number of benzene rings is 1. The van der Waals surface area contributed by atoms with Gasteiger partial charge in [-0.05, 0) is 36.2 Å². The van der Waals surface area contributed by atoms with E-state index in [0.717, 1.165) is 29.2 Å². The second-order valence-corrected chi connectivity index (χ2v) is 8.08. The molecule has 3 aliphatic heterocycles. The zero-order chi connectivity index (χ0) is 21.6. The fraction of sp³-hybridized carbons (Fsp3) is 0.318. The van der Waals surface area contributed by atoms with E-state index in [-0.39, 0.29) is 29.5 Å². The third-order valence-electron chi connectivity index (χ3n) is 6.14. The second-order valence-electron chi connectivity index (χ2n) is 8.08. The molecule has 5 rings (SSSR count). The van der Waals surface area contributed by atoms with Crippen molar-refractivity contribution in [1.29, 1.82) is 0 Å². The van der Waals surface area contributed by atoms with Gasteiger partial charge < -0.3 is 5.32 Å². The summed E-state index contributed by atoms with van der Waals surface area (Å²) in [7, 11) is 0. The molecule has 1 unspecified atom stereocenters. The van der Waals surface area contributed by atoms with Crippen LogP contribution in [0.2, 0.25) is 0 Å². The molecule has 3 N–H and O–H groups in total. The van der Waals surface area contributed by atoms with E-state index in [1.165, 1.54) is 0 Å². The number of carbonyl (C=O) groups is 4. The number of rotatable bonds is 5. The molecule has 4 heterocycles. The predicted molar refractivity (Wildman–Crippen MR) is 109 cm³/mol. The first kappa shape index (κ1) is 19.5. The number of hydrogen-bond acceptors (Lipinski definition) is 7. The van der Waals surface area contributed by atoms with Crippen molar-refractivity contribution in [2.45, 2.75) is 31.0 Å². The molecule has 3 aliphatic rings. The number of hydrogen-bond donors (Lipinski definition) is 3. The van der Waals surface area contributed by atoms with Gasteiger partial charge in [0.1, 0.15) is 6.04 Å². The standard InChI is InChI=1S/C22H21N5O4/c28-18-7-6-16(19(29)26-18)27-20(30)14-5-4-13(9-15(14)21(27)31)10-25-22(11-23-12-22)17-3-1-2-8-24-17/h1-5,8-9,16,23,25H,6-7,10-12H2,(H,26,28,29). The number of amides is 4. The summed E-state index contributed by atoms with van der Waals surface area (Å²) in [5, 5.41) is 9.01. The minimum Gasteiger partial charge on any atom is -0.312 e. The molecule has 2 aromatic rings. The number of pyridine rings is 1. The molecule has 9 heteroatoms. The lowest BCUT2D eigenvalue weighted by molar-refractivity contribution is -0.136. The van der Waals surface area contributed by atoms with Crippen molar-refractivity contribution in [3.05, 3.63) is 65.0 Å². The number of imide groups is 2. The van der Waals surface area contributed by atoms with Crippen LogP contribution in [0.15, 0.2) is 42.6 Å². The summed E-state index contributed by atoms with van der Waals surface area (Å²) in [6.07, 6.45) is 2.01. The van der Waals surface area contributed by atoms with Crippen molar-refractivity contribution in [2.24, 2.45) is 0 Å². The van der Waals surface area contributed by atoms with Crippen LogP contribution in [0.5, 0.6) is 0 Å². The van der Waals surface area contributed by atoms with Gasteiger partial charge in [0.05, 0.1) is 22.4 Å². The van der Waals surface area contributed by atoms with Crippen LogP contribution in [-0.2, 0) is 21.7 Å². The smallest absolute Gasteiger partial charge is 0.262 e. The second kappa shape index (κ2) is 7.36. The van der Waals surface area contributed by atoms with E-state index in [2.05, 4.69) is 20.9 Å². The molecule has 1 aromatic heterocycles. The van der Waals surface area contributed by atoms with Crippen molar-refractivity contribution < 1.29 is 19.2 Å². The Morgan fingerprint density at radius 1 is 1.06 bits per heavy atom. The molecule has 2 saturated heterocycles. The molecule has 0 bridgehead atoms. The van der Waals surface area contributed by atoms with Gasteiger partial charge in [0.15, 0.2) is 0 Å². The predicted octanol–water partition coefficient (Wildman–Crippen LogP) is 0.0711. The number of nitrogens with one attached hydrogen (secondary N) is 3. The van der Waals surface area contributed by atoms with Gasteiger partial charge in [-0.3, -0.25) is 39.7 Å². The first-order chi connectivity index (χ1) is 15.0. The third kappa shape index (κ3) is 3.22. The van der Waals surface area contributed by atoms with Gasteiger partial charge in [-0.25, -0.2) is 0 Å². The van der Waals surface area contributed by atoms with Crippen molar-refractivity contribution in [2.75, 3.05) is 13.1 Å². The first-order valence-corrected chi connectivity index (χ1v) is 10.2. The maximum atomic E-state index is 13.0. The van der Waals surface area contributed by atoms with Gasteiger partial charge in [-0.15, -0.1) is 0 Å². The van der Waals surface area contributed by atoms with E-state index in [0.29, 0.717) is 6.54 Å². The maximum absolute atomic E-state index is 13.0.